The monoisotopic (exact) mass is 419 g/mol. The molecular formula is C17H17FeNO8. The van der Waals surface area contributed by atoms with Gasteiger partial charge in [0.25, 0.3) is 0 Å². The van der Waals surface area contributed by atoms with Crippen LogP contribution >= 0.6 is 0 Å². The van der Waals surface area contributed by atoms with Crippen molar-refractivity contribution < 1.29 is 54.8 Å². The van der Waals surface area contributed by atoms with Crippen LogP contribution in [0.2, 0.25) is 0 Å². The van der Waals surface area contributed by atoms with E-state index in [-0.39, 0.29) is 23.2 Å². The summed E-state index contributed by atoms with van der Waals surface area (Å²) in [4.78, 5) is 11.3. The predicted molar refractivity (Wildman–Crippen MR) is 80.3 cm³/mol. The molecular weight excluding hydrogens is 402 g/mol. The number of ether oxygens (including phenoxy) is 4. The van der Waals surface area contributed by atoms with Crippen LogP contribution in [0.25, 0.3) is 0 Å². The summed E-state index contributed by atoms with van der Waals surface area (Å²) in [6.45, 7) is 19.0. The van der Waals surface area contributed by atoms with Gasteiger partial charge in [-0.15, -0.1) is 0 Å². The number of carbonyl (C=O) groups excluding carboxylic acids is 1. The van der Waals surface area contributed by atoms with Crippen molar-refractivity contribution in [2.24, 2.45) is 0 Å². The van der Waals surface area contributed by atoms with Gasteiger partial charge in [-0.05, 0) is 26.8 Å². The molecule has 2 saturated heterocycles. The normalized spacial score (nSPS) is 27.0. The first-order chi connectivity index (χ1) is 12.4. The fourth-order valence-electron chi connectivity index (χ4n) is 2.36. The standard InChI is InChI=1S/C14H17NO5.3CO.Fe/c1-9-11(20-14(2,3)19-9)12-10(17-13(16)18-12)7-5-4-6-8-15;3*1-2;/h4-7,9-12H,1-3H3;;;;/b6-4+,7-5+;;;;/t9-,10?,11-,12?;;;;/m1..../s1. The van der Waals surface area contributed by atoms with E-state index < -0.39 is 30.3 Å². The van der Waals surface area contributed by atoms with Gasteiger partial charge < -0.3 is 18.9 Å². The fraction of sp³-hybridized carbons (Fsp3) is 0.471. The summed E-state index contributed by atoms with van der Waals surface area (Å²) < 4.78 is 44.2. The summed E-state index contributed by atoms with van der Waals surface area (Å²) in [5.74, 6) is -0.714. The molecule has 10 heteroatoms. The van der Waals surface area contributed by atoms with Crippen LogP contribution in [0.5, 0.6) is 0 Å². The molecule has 2 fully saturated rings. The summed E-state index contributed by atoms with van der Waals surface area (Å²) in [5.41, 5.74) is 0. The maximum absolute atomic E-state index is 11.3. The average Bonchev–Trinajstić information content (AvgIpc) is 3.14. The molecule has 0 bridgehead atoms. The van der Waals surface area contributed by atoms with E-state index in [0.717, 1.165) is 0 Å². The average molecular weight is 419 g/mol. The third kappa shape index (κ3) is 9.97. The van der Waals surface area contributed by atoms with Crippen LogP contribution in [-0.2, 0) is 50.0 Å². The Hall–Kier alpha value is -2.10. The molecule has 0 saturated carbocycles. The summed E-state index contributed by atoms with van der Waals surface area (Å²) in [6.07, 6.45) is 3.71. The van der Waals surface area contributed by atoms with Crippen LogP contribution in [0.1, 0.15) is 20.8 Å². The molecule has 9 nitrogen and oxygen atoms in total. The molecule has 27 heavy (non-hydrogen) atoms. The zero-order chi connectivity index (χ0) is 20.8. The van der Waals surface area contributed by atoms with E-state index in [0.29, 0.717) is 0 Å². The Kier molecular flexibility index (Phi) is 17.7. The van der Waals surface area contributed by atoms with Crippen LogP contribution in [0, 0.1) is 31.3 Å². The van der Waals surface area contributed by atoms with Crippen molar-refractivity contribution in [3.8, 4) is 6.07 Å². The second-order valence-corrected chi connectivity index (χ2v) is 5.09. The van der Waals surface area contributed by atoms with Gasteiger partial charge in [-0.1, -0.05) is 12.2 Å². The van der Waals surface area contributed by atoms with E-state index in [1.807, 2.05) is 26.8 Å². The molecule has 2 aliphatic rings. The number of hydrogen-bond donors (Lipinski definition) is 0. The van der Waals surface area contributed by atoms with E-state index in [2.05, 4.69) is 20.0 Å². The zero-order valence-corrected chi connectivity index (χ0v) is 15.8. The van der Waals surface area contributed by atoms with Crippen molar-refractivity contribution in [1.82, 2.24) is 0 Å². The summed E-state index contributed by atoms with van der Waals surface area (Å²) in [6, 6.07) is 1.87. The Balaban J connectivity index is -0.000000749. The van der Waals surface area contributed by atoms with Gasteiger partial charge >= 0.3 is 40.1 Å². The van der Waals surface area contributed by atoms with Crippen LogP contribution in [0.15, 0.2) is 24.3 Å². The maximum atomic E-state index is 11.3. The van der Waals surface area contributed by atoms with E-state index >= 15 is 0 Å². The first-order valence-corrected chi connectivity index (χ1v) is 7.00. The Bertz CT molecular complexity index is 588. The third-order valence-corrected chi connectivity index (χ3v) is 3.05. The van der Waals surface area contributed by atoms with Gasteiger partial charge in [0.15, 0.2) is 18.0 Å². The van der Waals surface area contributed by atoms with Crippen molar-refractivity contribution in [2.75, 3.05) is 0 Å². The SMILES string of the molecule is C[C@H]1OC(C)(C)O[C@H]1C1OC(=O)OC1/C=C/C=C/C#N.[C-]#[O+].[C-]#[O+].[C-]#[O+].[Fe]. The Morgan fingerprint density at radius 3 is 2.04 bits per heavy atom. The fourth-order valence-corrected chi connectivity index (χ4v) is 2.36. The van der Waals surface area contributed by atoms with E-state index in [9.17, 15) is 4.79 Å². The molecule has 0 spiro atoms. The summed E-state index contributed by atoms with van der Waals surface area (Å²) in [7, 11) is 0. The quantitative estimate of drug-likeness (QED) is 0.171. The van der Waals surface area contributed by atoms with Crippen LogP contribution < -0.4 is 0 Å². The third-order valence-electron chi connectivity index (χ3n) is 3.05. The minimum Gasteiger partial charge on any atom is 0 e. The van der Waals surface area contributed by atoms with Gasteiger partial charge in [0.05, 0.1) is 12.2 Å². The van der Waals surface area contributed by atoms with Crippen molar-refractivity contribution >= 4 is 6.16 Å². The molecule has 4 atom stereocenters. The van der Waals surface area contributed by atoms with E-state index in [1.165, 1.54) is 6.08 Å². The van der Waals surface area contributed by atoms with Gasteiger partial charge in [-0.3, -0.25) is 0 Å². The van der Waals surface area contributed by atoms with Crippen molar-refractivity contribution in [3.63, 3.8) is 0 Å². The second-order valence-electron chi connectivity index (χ2n) is 5.09. The van der Waals surface area contributed by atoms with Crippen molar-refractivity contribution in [2.45, 2.75) is 51.0 Å². The molecule has 2 aliphatic heterocycles. The predicted octanol–water partition coefficient (Wildman–Crippen LogP) is 1.95. The Labute approximate surface area is 167 Å². The molecule has 0 aromatic rings. The first-order valence-electron chi connectivity index (χ1n) is 7.00. The number of hydrogen-bond acceptors (Lipinski definition) is 6. The maximum Gasteiger partial charge on any atom is 0 e. The van der Waals surface area contributed by atoms with Crippen LogP contribution in [0.3, 0.4) is 0 Å². The molecule has 146 valence electrons. The molecule has 2 unspecified atom stereocenters. The van der Waals surface area contributed by atoms with Crippen LogP contribution in [-0.4, -0.2) is 36.4 Å². The number of cyclic esters (lactones) is 2. The molecule has 0 aliphatic carbocycles. The number of carbonyl (C=O) groups is 1. The Morgan fingerprint density at radius 2 is 1.59 bits per heavy atom. The molecule has 0 amide bonds. The smallest absolute Gasteiger partial charge is 0 e. The number of nitrogens with zero attached hydrogens (tertiary/aromatic N) is 1. The number of rotatable bonds is 3. The molecule has 0 aromatic heterocycles. The van der Waals surface area contributed by atoms with Gasteiger partial charge in [0.2, 0.25) is 0 Å². The molecule has 0 radical (unpaired) electrons. The minimum atomic E-state index is -0.727. The van der Waals surface area contributed by atoms with Gasteiger partial charge in [0, 0.05) is 23.1 Å². The topological polar surface area (TPSA) is 137 Å². The molecule has 2 rings (SSSR count). The molecule has 2 heterocycles. The van der Waals surface area contributed by atoms with Crippen molar-refractivity contribution in [3.05, 3.63) is 44.3 Å². The van der Waals surface area contributed by atoms with Crippen LogP contribution in [0.4, 0.5) is 4.79 Å². The van der Waals surface area contributed by atoms with Gasteiger partial charge in [-0.2, -0.15) is 5.26 Å². The van der Waals surface area contributed by atoms with E-state index in [4.69, 9.17) is 38.2 Å². The van der Waals surface area contributed by atoms with Gasteiger partial charge in [-0.25, -0.2) is 4.79 Å². The largest absolute Gasteiger partial charge is 0 e. The number of allylic oxidation sites excluding steroid dienone is 3. The second kappa shape index (κ2) is 16.1. The van der Waals surface area contributed by atoms with Crippen molar-refractivity contribution in [1.29, 1.82) is 5.26 Å². The number of nitriles is 1. The Morgan fingerprint density at radius 1 is 1.04 bits per heavy atom. The summed E-state index contributed by atoms with van der Waals surface area (Å²) >= 11 is 0. The van der Waals surface area contributed by atoms with E-state index in [1.54, 1.807) is 18.2 Å². The summed E-state index contributed by atoms with van der Waals surface area (Å²) in [5, 5.41) is 8.40. The first kappa shape index (κ1) is 29.7. The zero-order valence-electron chi connectivity index (χ0n) is 14.7. The minimum absolute atomic E-state index is 0. The van der Waals surface area contributed by atoms with Gasteiger partial charge in [0.1, 0.15) is 6.10 Å². The molecule has 0 N–H and O–H groups in total. The molecule has 0 aromatic carbocycles.